The molecule has 1 heterocycles. The first-order valence-corrected chi connectivity index (χ1v) is 5.13. The molecule has 0 unspecified atom stereocenters. The van der Waals surface area contributed by atoms with Crippen molar-refractivity contribution >= 4 is 11.6 Å². The summed E-state index contributed by atoms with van der Waals surface area (Å²) in [5.74, 6) is -2.01. The Balaban J connectivity index is 2.11. The molecule has 0 aliphatic rings. The van der Waals surface area contributed by atoms with Crippen LogP contribution in [-0.4, -0.2) is 5.91 Å². The van der Waals surface area contributed by atoms with E-state index >= 15 is 0 Å². The topological polar surface area (TPSA) is 68.3 Å². The van der Waals surface area contributed by atoms with E-state index in [1.807, 2.05) is 0 Å². The number of nitrogens with two attached hydrogens (primary N) is 1. The molecule has 18 heavy (non-hydrogen) atoms. The smallest absolute Gasteiger partial charge is 0.254 e. The summed E-state index contributed by atoms with van der Waals surface area (Å²) < 4.78 is 31.3. The lowest BCUT2D eigenvalue weighted by Crippen LogP contribution is -2.24. The summed E-state index contributed by atoms with van der Waals surface area (Å²) >= 11 is 0. The van der Waals surface area contributed by atoms with Crippen LogP contribution in [-0.2, 0) is 6.54 Å². The van der Waals surface area contributed by atoms with Gasteiger partial charge in [0.25, 0.3) is 5.91 Å². The molecule has 2 rings (SSSR count). The zero-order valence-corrected chi connectivity index (χ0v) is 9.24. The van der Waals surface area contributed by atoms with Crippen LogP contribution in [0.2, 0.25) is 0 Å². The molecule has 1 aromatic heterocycles. The van der Waals surface area contributed by atoms with E-state index in [1.54, 1.807) is 12.1 Å². The average Bonchev–Trinajstić information content (AvgIpc) is 2.84. The quantitative estimate of drug-likeness (QED) is 0.821. The summed E-state index contributed by atoms with van der Waals surface area (Å²) in [4.78, 5) is 11.7. The first-order valence-electron chi connectivity index (χ1n) is 5.13. The third-order valence-corrected chi connectivity index (χ3v) is 2.33. The van der Waals surface area contributed by atoms with E-state index in [0.717, 1.165) is 6.07 Å². The Bertz CT molecular complexity index is 568. The number of halogens is 2. The zero-order valence-electron chi connectivity index (χ0n) is 9.24. The van der Waals surface area contributed by atoms with Crippen molar-refractivity contribution in [3.63, 3.8) is 0 Å². The van der Waals surface area contributed by atoms with Crippen molar-refractivity contribution in [1.82, 2.24) is 5.32 Å². The Morgan fingerprint density at radius 2 is 2.11 bits per heavy atom. The molecule has 94 valence electrons. The van der Waals surface area contributed by atoms with Gasteiger partial charge in [-0.2, -0.15) is 0 Å². The van der Waals surface area contributed by atoms with Gasteiger partial charge in [0.2, 0.25) is 0 Å². The van der Waals surface area contributed by atoms with Crippen molar-refractivity contribution in [2.45, 2.75) is 6.54 Å². The molecule has 0 bridgehead atoms. The van der Waals surface area contributed by atoms with Crippen LogP contribution in [0.3, 0.4) is 0 Å². The molecule has 4 nitrogen and oxygen atoms in total. The molecule has 3 N–H and O–H groups in total. The summed E-state index contributed by atoms with van der Waals surface area (Å²) in [5, 5.41) is 2.44. The van der Waals surface area contributed by atoms with Crippen molar-refractivity contribution in [3.8, 4) is 0 Å². The highest BCUT2D eigenvalue weighted by atomic mass is 19.1. The maximum atomic E-state index is 13.4. The predicted molar refractivity (Wildman–Crippen MR) is 60.6 cm³/mol. The lowest BCUT2D eigenvalue weighted by molar-refractivity contribution is 0.0944. The van der Waals surface area contributed by atoms with Crippen molar-refractivity contribution in [1.29, 1.82) is 0 Å². The maximum Gasteiger partial charge on any atom is 0.254 e. The zero-order chi connectivity index (χ0) is 13.1. The largest absolute Gasteiger partial charge is 0.467 e. The predicted octanol–water partition coefficient (Wildman–Crippen LogP) is 2.07. The molecule has 1 amide bonds. The average molecular weight is 252 g/mol. The number of carbonyl (C=O) groups is 1. The molecule has 0 saturated carbocycles. The second-order valence-corrected chi connectivity index (χ2v) is 3.62. The maximum absolute atomic E-state index is 13.4. The Kier molecular flexibility index (Phi) is 3.27. The first-order chi connectivity index (χ1) is 8.58. The van der Waals surface area contributed by atoms with Gasteiger partial charge in [-0.25, -0.2) is 8.78 Å². The van der Waals surface area contributed by atoms with Crippen LogP contribution in [0.25, 0.3) is 0 Å². The lowest BCUT2D eigenvalue weighted by Gasteiger charge is -2.06. The molecule has 0 aliphatic heterocycles. The standard InChI is InChI=1S/C12H10F2N2O2/c13-9-5-10(14)11(15)4-8(9)12(17)16-6-7-2-1-3-18-7/h1-5H,6,15H2,(H,16,17). The van der Waals surface area contributed by atoms with Gasteiger partial charge in [0, 0.05) is 6.07 Å². The SMILES string of the molecule is Nc1cc(C(=O)NCc2ccco2)c(F)cc1F. The van der Waals surface area contributed by atoms with E-state index in [2.05, 4.69) is 5.32 Å². The van der Waals surface area contributed by atoms with Crippen molar-refractivity contribution in [2.75, 3.05) is 5.73 Å². The molecule has 0 aliphatic carbocycles. The van der Waals surface area contributed by atoms with Crippen LogP contribution >= 0.6 is 0 Å². The van der Waals surface area contributed by atoms with E-state index in [-0.39, 0.29) is 17.8 Å². The molecule has 0 radical (unpaired) electrons. The van der Waals surface area contributed by atoms with Gasteiger partial charge in [0.05, 0.1) is 24.1 Å². The summed E-state index contributed by atoms with van der Waals surface area (Å²) in [6.45, 7) is 0.114. The molecule has 0 spiro atoms. The number of nitrogen functional groups attached to an aromatic ring is 1. The Morgan fingerprint density at radius 1 is 1.33 bits per heavy atom. The van der Waals surface area contributed by atoms with Gasteiger partial charge in [0.15, 0.2) is 0 Å². The second kappa shape index (κ2) is 4.87. The molecule has 2 aromatic rings. The third kappa shape index (κ3) is 2.48. The van der Waals surface area contributed by atoms with E-state index < -0.39 is 17.5 Å². The van der Waals surface area contributed by atoms with Crippen molar-refractivity contribution in [3.05, 3.63) is 53.5 Å². The summed E-state index contributed by atoms with van der Waals surface area (Å²) in [6.07, 6.45) is 1.46. The number of carbonyl (C=O) groups excluding carboxylic acids is 1. The normalized spacial score (nSPS) is 10.3. The number of anilines is 1. The molecule has 0 saturated heterocycles. The van der Waals surface area contributed by atoms with Gasteiger partial charge in [-0.3, -0.25) is 4.79 Å². The van der Waals surface area contributed by atoms with Gasteiger partial charge >= 0.3 is 0 Å². The second-order valence-electron chi connectivity index (χ2n) is 3.62. The number of furan rings is 1. The number of amides is 1. The molecular formula is C12H10F2N2O2. The van der Waals surface area contributed by atoms with Crippen LogP contribution in [0.5, 0.6) is 0 Å². The van der Waals surface area contributed by atoms with Crippen LogP contribution in [0, 0.1) is 11.6 Å². The summed E-state index contributed by atoms with van der Waals surface area (Å²) in [7, 11) is 0. The van der Waals surface area contributed by atoms with Gasteiger partial charge < -0.3 is 15.5 Å². The van der Waals surface area contributed by atoms with Gasteiger partial charge in [0.1, 0.15) is 17.4 Å². The minimum absolute atomic E-state index is 0.114. The van der Waals surface area contributed by atoms with Crippen molar-refractivity contribution in [2.24, 2.45) is 0 Å². The number of nitrogens with one attached hydrogen (secondary N) is 1. The van der Waals surface area contributed by atoms with Crippen molar-refractivity contribution < 1.29 is 18.0 Å². The highest BCUT2D eigenvalue weighted by Crippen LogP contribution is 2.16. The van der Waals surface area contributed by atoms with Crippen LogP contribution in [0.1, 0.15) is 16.1 Å². The molecule has 1 aromatic carbocycles. The molecule has 0 atom stereocenters. The fourth-order valence-corrected chi connectivity index (χ4v) is 1.42. The Hall–Kier alpha value is -2.37. The van der Waals surface area contributed by atoms with E-state index in [1.165, 1.54) is 6.26 Å². The Morgan fingerprint density at radius 3 is 2.78 bits per heavy atom. The number of hydrogen-bond acceptors (Lipinski definition) is 3. The fourth-order valence-electron chi connectivity index (χ4n) is 1.42. The van der Waals surface area contributed by atoms with Crippen LogP contribution in [0.15, 0.2) is 34.9 Å². The van der Waals surface area contributed by atoms with E-state index in [0.29, 0.717) is 11.8 Å². The van der Waals surface area contributed by atoms with Gasteiger partial charge in [-0.15, -0.1) is 0 Å². The van der Waals surface area contributed by atoms with Crippen LogP contribution in [0.4, 0.5) is 14.5 Å². The first kappa shape index (κ1) is 12.1. The Labute approximate surface area is 101 Å². The van der Waals surface area contributed by atoms with Gasteiger partial charge in [-0.05, 0) is 18.2 Å². The minimum atomic E-state index is -0.960. The monoisotopic (exact) mass is 252 g/mol. The minimum Gasteiger partial charge on any atom is -0.467 e. The van der Waals surface area contributed by atoms with E-state index in [4.69, 9.17) is 10.2 Å². The summed E-state index contributed by atoms with van der Waals surface area (Å²) in [6, 6.07) is 4.87. The van der Waals surface area contributed by atoms with Crippen LogP contribution < -0.4 is 11.1 Å². The third-order valence-electron chi connectivity index (χ3n) is 2.33. The molecular weight excluding hydrogens is 242 g/mol. The number of benzene rings is 1. The lowest BCUT2D eigenvalue weighted by atomic mass is 10.1. The van der Waals surface area contributed by atoms with Gasteiger partial charge in [-0.1, -0.05) is 0 Å². The molecule has 6 heteroatoms. The van der Waals surface area contributed by atoms with E-state index in [9.17, 15) is 13.6 Å². The number of hydrogen-bond donors (Lipinski definition) is 2. The fraction of sp³-hybridized carbons (Fsp3) is 0.0833. The number of rotatable bonds is 3. The highest BCUT2D eigenvalue weighted by Gasteiger charge is 2.14. The highest BCUT2D eigenvalue weighted by molar-refractivity contribution is 5.95. The molecule has 0 fully saturated rings. The summed E-state index contributed by atoms with van der Waals surface area (Å²) in [5.41, 5.74) is 4.69.